The van der Waals surface area contributed by atoms with Crippen LogP contribution in [0, 0.1) is 13.8 Å². The van der Waals surface area contributed by atoms with Crippen LogP contribution in [-0.4, -0.2) is 88.3 Å². The minimum Gasteiger partial charge on any atom is -0.744 e. The van der Waals surface area contributed by atoms with Crippen molar-refractivity contribution in [2.75, 3.05) is 40.4 Å². The van der Waals surface area contributed by atoms with Crippen molar-refractivity contribution in [3.63, 3.8) is 0 Å². The molecule has 2 aromatic carbocycles. The molecule has 0 saturated carbocycles. The second kappa shape index (κ2) is 18.5. The fourth-order valence-corrected chi connectivity index (χ4v) is 3.21. The third kappa shape index (κ3) is 17.6. The second-order valence-corrected chi connectivity index (χ2v) is 11.2. The molecular formula is C26H40N2O8S2. The highest BCUT2D eigenvalue weighted by Gasteiger charge is 2.03. The largest absolute Gasteiger partial charge is 0.744 e. The summed E-state index contributed by atoms with van der Waals surface area (Å²) in [6, 6.07) is 11.6. The van der Waals surface area contributed by atoms with Crippen molar-refractivity contribution in [2.45, 2.75) is 50.3 Å². The first-order chi connectivity index (χ1) is 17.7. The molecule has 214 valence electrons. The van der Waals surface area contributed by atoms with Gasteiger partial charge in [0.25, 0.3) is 0 Å². The summed E-state index contributed by atoms with van der Waals surface area (Å²) >= 11 is 0. The molecule has 12 heteroatoms. The van der Waals surface area contributed by atoms with Gasteiger partial charge in [0.05, 0.1) is 9.79 Å². The van der Waals surface area contributed by atoms with E-state index in [1.54, 1.807) is 37.1 Å². The van der Waals surface area contributed by atoms with E-state index >= 15 is 0 Å². The summed E-state index contributed by atoms with van der Waals surface area (Å²) in [5.74, 6) is 0. The highest BCUT2D eigenvalue weighted by atomic mass is 32.2. The summed E-state index contributed by atoms with van der Waals surface area (Å²) in [7, 11) is -4.55. The number of rotatable bonds is 3. The number of likely N-dealkylation sites (N-methyl/N-ethyl adjacent to an activating group) is 2. The Kier molecular flexibility index (Phi) is 17.1. The van der Waals surface area contributed by atoms with Crippen molar-refractivity contribution in [1.82, 2.24) is 0 Å². The van der Waals surface area contributed by atoms with E-state index in [-0.39, 0.29) is 9.79 Å². The molecule has 38 heavy (non-hydrogen) atoms. The molecule has 2 aromatic rings. The van der Waals surface area contributed by atoms with Gasteiger partial charge in [0.15, 0.2) is 26.3 Å². The number of hydrogen-bond acceptors (Lipinski definition) is 8. The Hall–Kier alpha value is -2.80. The topological polar surface area (TPSA) is 139 Å². The van der Waals surface area contributed by atoms with E-state index in [1.165, 1.54) is 37.1 Å². The number of hydrogen-bond donors (Lipinski definition) is 0. The van der Waals surface area contributed by atoms with Gasteiger partial charge in [0.2, 0.25) is 0 Å². The zero-order chi connectivity index (χ0) is 29.2. The van der Waals surface area contributed by atoms with Gasteiger partial charge in [-0.15, -0.1) is 0 Å². The first kappa shape index (κ1) is 35.2. The SMILES string of the molecule is CCCC.C[N+]1=COCC1.C[N+]1=COCC1.Cc1ccc(S(=O)(=O)[O-])cc1.Cc1ccc(S(=O)(=O)[O-])cc1. The van der Waals surface area contributed by atoms with E-state index in [4.69, 9.17) is 9.47 Å². The predicted molar refractivity (Wildman–Crippen MR) is 145 cm³/mol. The zero-order valence-corrected chi connectivity index (χ0v) is 24.6. The van der Waals surface area contributed by atoms with E-state index < -0.39 is 20.2 Å². The van der Waals surface area contributed by atoms with Gasteiger partial charge in [0, 0.05) is 0 Å². The van der Waals surface area contributed by atoms with Crippen LogP contribution in [0.15, 0.2) is 58.3 Å². The zero-order valence-electron chi connectivity index (χ0n) is 23.0. The van der Waals surface area contributed by atoms with Crippen molar-refractivity contribution in [1.29, 1.82) is 0 Å². The van der Waals surface area contributed by atoms with Gasteiger partial charge in [-0.1, -0.05) is 62.1 Å². The maximum absolute atomic E-state index is 10.4. The van der Waals surface area contributed by atoms with Crippen LogP contribution < -0.4 is 0 Å². The first-order valence-electron chi connectivity index (χ1n) is 12.1. The quantitative estimate of drug-likeness (QED) is 0.404. The third-order valence-corrected chi connectivity index (χ3v) is 6.45. The fourth-order valence-electron chi connectivity index (χ4n) is 2.27. The highest BCUT2D eigenvalue weighted by Crippen LogP contribution is 2.09. The van der Waals surface area contributed by atoms with E-state index in [1.807, 2.05) is 37.1 Å². The normalized spacial score (nSPS) is 13.7. The fraction of sp³-hybridized carbons (Fsp3) is 0.462. The average molecular weight is 573 g/mol. The number of aryl methyl sites for hydroxylation is 2. The van der Waals surface area contributed by atoms with Gasteiger partial charge in [0.1, 0.15) is 34.3 Å². The van der Waals surface area contributed by atoms with Crippen LogP contribution in [0.2, 0.25) is 0 Å². The van der Waals surface area contributed by atoms with Crippen molar-refractivity contribution >= 4 is 33.0 Å². The summed E-state index contributed by atoms with van der Waals surface area (Å²) in [5, 5.41) is 0. The van der Waals surface area contributed by atoms with Crippen molar-refractivity contribution < 1.29 is 44.6 Å². The highest BCUT2D eigenvalue weighted by molar-refractivity contribution is 7.86. The van der Waals surface area contributed by atoms with E-state index in [0.29, 0.717) is 0 Å². The van der Waals surface area contributed by atoms with Gasteiger partial charge >= 0.3 is 12.8 Å². The maximum atomic E-state index is 10.4. The molecule has 0 bridgehead atoms. The number of benzene rings is 2. The number of nitrogens with zero attached hydrogens (tertiary/aromatic N) is 2. The molecule has 0 atom stereocenters. The van der Waals surface area contributed by atoms with Crippen LogP contribution >= 0.6 is 0 Å². The minimum atomic E-state index is -4.27. The summed E-state index contributed by atoms with van der Waals surface area (Å²) in [5.41, 5.74) is 1.86. The molecule has 0 radical (unpaired) electrons. The molecule has 0 N–H and O–H groups in total. The number of unbranched alkanes of at least 4 members (excludes halogenated alkanes) is 1. The van der Waals surface area contributed by atoms with Crippen LogP contribution in [0.5, 0.6) is 0 Å². The first-order valence-corrected chi connectivity index (χ1v) is 14.9. The van der Waals surface area contributed by atoms with Crippen LogP contribution in [0.1, 0.15) is 37.8 Å². The van der Waals surface area contributed by atoms with Crippen LogP contribution in [0.4, 0.5) is 0 Å². The lowest BCUT2D eigenvalue weighted by Gasteiger charge is -2.05. The van der Waals surface area contributed by atoms with Crippen LogP contribution in [-0.2, 0) is 29.7 Å². The molecule has 0 saturated heterocycles. The average Bonchev–Trinajstić information content (AvgIpc) is 3.53. The van der Waals surface area contributed by atoms with Gasteiger partial charge in [-0.3, -0.25) is 0 Å². The van der Waals surface area contributed by atoms with Gasteiger partial charge in [-0.05, 0) is 38.1 Å². The van der Waals surface area contributed by atoms with E-state index in [9.17, 15) is 25.9 Å². The molecule has 0 unspecified atom stereocenters. The molecular weight excluding hydrogens is 532 g/mol. The van der Waals surface area contributed by atoms with Crippen molar-refractivity contribution in [2.24, 2.45) is 0 Å². The van der Waals surface area contributed by atoms with Gasteiger partial charge < -0.3 is 18.6 Å². The lowest BCUT2D eigenvalue weighted by molar-refractivity contribution is -0.482. The summed E-state index contributed by atoms with van der Waals surface area (Å²) in [4.78, 5) is -0.355. The molecule has 0 aliphatic carbocycles. The standard InChI is InChI=1S/2C7H8O3S.2C4H8NO.C4H10/c2*1-6-2-4-7(5-3-6)11(8,9)10;2*1-5-2-3-6-4-5;1-3-4-2/h2*2-5H,1H3,(H,8,9,10);2*4H,2-3H2,1H3;3-4H2,1-2H3/q;;2*+1;/p-2. The van der Waals surface area contributed by atoms with Gasteiger partial charge in [-0.2, -0.15) is 0 Å². The van der Waals surface area contributed by atoms with Crippen molar-refractivity contribution in [3.05, 3.63) is 59.7 Å². The molecule has 2 aliphatic rings. The Morgan fingerprint density at radius 3 is 1.08 bits per heavy atom. The Morgan fingerprint density at radius 1 is 0.658 bits per heavy atom. The summed E-state index contributed by atoms with van der Waals surface area (Å²) in [6.07, 6.45) is 6.11. The molecule has 10 nitrogen and oxygen atoms in total. The van der Waals surface area contributed by atoms with Crippen LogP contribution in [0.3, 0.4) is 0 Å². The second-order valence-electron chi connectivity index (χ2n) is 8.45. The smallest absolute Gasteiger partial charge is 0.323 e. The molecule has 2 aliphatic heterocycles. The van der Waals surface area contributed by atoms with E-state index in [0.717, 1.165) is 37.4 Å². The third-order valence-electron chi connectivity index (χ3n) is 4.75. The van der Waals surface area contributed by atoms with E-state index in [2.05, 4.69) is 13.8 Å². The Morgan fingerprint density at radius 2 is 0.947 bits per heavy atom. The summed E-state index contributed by atoms with van der Waals surface area (Å²) in [6.45, 7) is 11.8. The molecule has 4 rings (SSSR count). The lowest BCUT2D eigenvalue weighted by Crippen LogP contribution is -2.00. The Bertz CT molecular complexity index is 1110. The predicted octanol–water partition coefficient (Wildman–Crippen LogP) is 2.98. The number of ether oxygens (including phenoxy) is 2. The Balaban J connectivity index is 0.000000473. The molecule has 0 aromatic heterocycles. The molecule has 0 spiro atoms. The molecule has 0 fully saturated rings. The lowest BCUT2D eigenvalue weighted by atomic mass is 10.2. The van der Waals surface area contributed by atoms with Gasteiger partial charge in [-0.25, -0.2) is 26.0 Å². The minimum absolute atomic E-state index is 0.178. The maximum Gasteiger partial charge on any atom is 0.323 e. The molecule has 2 heterocycles. The summed E-state index contributed by atoms with van der Waals surface area (Å²) < 4.78 is 76.1. The Labute approximate surface area is 227 Å². The van der Waals surface area contributed by atoms with Crippen molar-refractivity contribution in [3.8, 4) is 0 Å². The monoisotopic (exact) mass is 572 g/mol. The van der Waals surface area contributed by atoms with Crippen LogP contribution in [0.25, 0.3) is 0 Å². The molecule has 0 amide bonds.